The Balaban J connectivity index is 2.48. The number of hydrogen-bond acceptors (Lipinski definition) is 5. The lowest BCUT2D eigenvalue weighted by atomic mass is 10.3. The average Bonchev–Trinajstić information content (AvgIpc) is 2.74. The van der Waals surface area contributed by atoms with Gasteiger partial charge in [-0.2, -0.15) is 0 Å². The SMILES string of the molecule is CCCCS(=O)(=O)NCCc1ccc(S(N)(=O)=O)s1. The van der Waals surface area contributed by atoms with Crippen LogP contribution in [0.2, 0.25) is 0 Å². The van der Waals surface area contributed by atoms with Gasteiger partial charge in [-0.3, -0.25) is 0 Å². The Bertz CT molecular complexity index is 604. The summed E-state index contributed by atoms with van der Waals surface area (Å²) in [7, 11) is -6.89. The molecule has 1 aromatic heterocycles. The first-order valence-electron chi connectivity index (χ1n) is 5.83. The molecule has 0 saturated heterocycles. The van der Waals surface area contributed by atoms with E-state index in [0.717, 1.165) is 22.6 Å². The molecule has 0 spiro atoms. The molecule has 1 rings (SSSR count). The van der Waals surface area contributed by atoms with Gasteiger partial charge in [0.05, 0.1) is 5.75 Å². The van der Waals surface area contributed by atoms with Crippen LogP contribution in [-0.2, 0) is 26.5 Å². The summed E-state index contributed by atoms with van der Waals surface area (Å²) in [5.41, 5.74) is 0. The van der Waals surface area contributed by atoms with E-state index in [1.54, 1.807) is 6.07 Å². The third kappa shape index (κ3) is 6.00. The summed E-state index contributed by atoms with van der Waals surface area (Å²) in [6.45, 7) is 2.19. The topological polar surface area (TPSA) is 106 Å². The lowest BCUT2D eigenvalue weighted by Crippen LogP contribution is -2.28. The van der Waals surface area contributed by atoms with E-state index in [1.807, 2.05) is 6.92 Å². The Morgan fingerprint density at radius 2 is 1.95 bits per heavy atom. The molecule has 9 heteroatoms. The van der Waals surface area contributed by atoms with Crippen LogP contribution >= 0.6 is 11.3 Å². The molecule has 0 aliphatic heterocycles. The highest BCUT2D eigenvalue weighted by atomic mass is 32.2. The molecule has 0 saturated carbocycles. The number of unbranched alkanes of at least 4 members (excludes halogenated alkanes) is 1. The molecular formula is C10H18N2O4S3. The van der Waals surface area contributed by atoms with Crippen LogP contribution in [0.15, 0.2) is 16.3 Å². The van der Waals surface area contributed by atoms with Crippen molar-refractivity contribution in [1.29, 1.82) is 0 Å². The largest absolute Gasteiger partial charge is 0.247 e. The van der Waals surface area contributed by atoms with Gasteiger partial charge in [0, 0.05) is 11.4 Å². The van der Waals surface area contributed by atoms with Crippen LogP contribution in [0.3, 0.4) is 0 Å². The van der Waals surface area contributed by atoms with Crippen molar-refractivity contribution in [2.24, 2.45) is 5.14 Å². The summed E-state index contributed by atoms with van der Waals surface area (Å²) in [5.74, 6) is 0.121. The molecule has 0 bridgehead atoms. The first-order chi connectivity index (χ1) is 8.74. The molecule has 0 aliphatic carbocycles. The third-order valence-electron chi connectivity index (χ3n) is 2.38. The number of nitrogens with two attached hydrogens (primary N) is 1. The zero-order valence-electron chi connectivity index (χ0n) is 10.6. The van der Waals surface area contributed by atoms with Crippen LogP contribution in [-0.4, -0.2) is 29.1 Å². The molecule has 0 amide bonds. The van der Waals surface area contributed by atoms with Crippen molar-refractivity contribution in [1.82, 2.24) is 4.72 Å². The van der Waals surface area contributed by atoms with E-state index in [2.05, 4.69) is 4.72 Å². The maximum absolute atomic E-state index is 11.5. The highest BCUT2D eigenvalue weighted by molar-refractivity contribution is 7.91. The predicted molar refractivity (Wildman–Crippen MR) is 76.1 cm³/mol. The number of rotatable bonds is 8. The number of nitrogens with one attached hydrogen (secondary N) is 1. The summed E-state index contributed by atoms with van der Waals surface area (Å²) in [6.07, 6.45) is 1.90. The van der Waals surface area contributed by atoms with Crippen LogP contribution in [0.25, 0.3) is 0 Å². The minimum atomic E-state index is -3.67. The molecule has 0 aliphatic rings. The van der Waals surface area contributed by atoms with Crippen molar-refractivity contribution < 1.29 is 16.8 Å². The van der Waals surface area contributed by atoms with Crippen LogP contribution in [0.4, 0.5) is 0 Å². The molecule has 0 radical (unpaired) electrons. The van der Waals surface area contributed by atoms with Gasteiger partial charge in [-0.25, -0.2) is 26.7 Å². The predicted octanol–water partition coefficient (Wildman–Crippen LogP) is 0.658. The van der Waals surface area contributed by atoms with Crippen molar-refractivity contribution >= 4 is 31.4 Å². The quantitative estimate of drug-likeness (QED) is 0.731. The fourth-order valence-electron chi connectivity index (χ4n) is 1.38. The van der Waals surface area contributed by atoms with Crippen LogP contribution in [0.1, 0.15) is 24.6 Å². The van der Waals surface area contributed by atoms with Gasteiger partial charge in [-0.05, 0) is 25.0 Å². The Morgan fingerprint density at radius 1 is 1.26 bits per heavy atom. The Kier molecular flexibility index (Phi) is 5.93. The summed E-state index contributed by atoms with van der Waals surface area (Å²) >= 11 is 1.06. The minimum absolute atomic E-state index is 0.0938. The fraction of sp³-hybridized carbons (Fsp3) is 0.600. The molecule has 19 heavy (non-hydrogen) atoms. The fourth-order valence-corrected chi connectivity index (χ4v) is 4.39. The van der Waals surface area contributed by atoms with E-state index in [0.29, 0.717) is 12.8 Å². The average molecular weight is 326 g/mol. The molecule has 1 aromatic rings. The summed E-state index contributed by atoms with van der Waals surface area (Å²) in [6, 6.07) is 3.08. The standard InChI is InChI=1S/C10H18N2O4S3/c1-2-3-8-18(13,14)12-7-6-9-4-5-10(17-9)19(11,15)16/h4-5,12H,2-3,6-8H2,1H3,(H2,11,15,16). The normalized spacial score (nSPS) is 12.7. The van der Waals surface area contributed by atoms with Crippen molar-refractivity contribution in [3.8, 4) is 0 Å². The number of primary sulfonamides is 1. The van der Waals surface area contributed by atoms with Crippen molar-refractivity contribution in [3.05, 3.63) is 17.0 Å². The van der Waals surface area contributed by atoms with Gasteiger partial charge in [0.1, 0.15) is 4.21 Å². The molecule has 3 N–H and O–H groups in total. The molecule has 0 atom stereocenters. The maximum atomic E-state index is 11.5. The van der Waals surface area contributed by atoms with Crippen LogP contribution < -0.4 is 9.86 Å². The first kappa shape index (κ1) is 16.6. The number of thiophene rings is 1. The van der Waals surface area contributed by atoms with Crippen molar-refractivity contribution in [2.75, 3.05) is 12.3 Å². The van der Waals surface area contributed by atoms with E-state index < -0.39 is 20.0 Å². The van der Waals surface area contributed by atoms with Gasteiger partial charge in [-0.1, -0.05) is 13.3 Å². The molecule has 1 heterocycles. The number of hydrogen-bond donors (Lipinski definition) is 2. The molecule has 0 fully saturated rings. The summed E-state index contributed by atoms with van der Waals surface area (Å²) < 4.78 is 47.8. The lowest BCUT2D eigenvalue weighted by Gasteiger charge is -2.04. The van der Waals surface area contributed by atoms with E-state index in [-0.39, 0.29) is 16.5 Å². The maximum Gasteiger partial charge on any atom is 0.247 e. The summed E-state index contributed by atoms with van der Waals surface area (Å²) in [4.78, 5) is 0.780. The molecule has 6 nitrogen and oxygen atoms in total. The molecule has 0 aromatic carbocycles. The van der Waals surface area contributed by atoms with Crippen molar-refractivity contribution in [3.63, 3.8) is 0 Å². The molecule has 0 unspecified atom stereocenters. The second-order valence-corrected chi connectivity index (χ2v) is 8.97. The Hall–Kier alpha value is -0.480. The van der Waals surface area contributed by atoms with Gasteiger partial charge >= 0.3 is 0 Å². The van der Waals surface area contributed by atoms with E-state index in [4.69, 9.17) is 5.14 Å². The smallest absolute Gasteiger partial charge is 0.224 e. The van der Waals surface area contributed by atoms with Gasteiger partial charge < -0.3 is 0 Å². The third-order valence-corrected chi connectivity index (χ3v) is 6.43. The zero-order chi connectivity index (χ0) is 14.5. The lowest BCUT2D eigenvalue weighted by molar-refractivity contribution is 0.578. The first-order valence-corrected chi connectivity index (χ1v) is 9.85. The second kappa shape index (κ2) is 6.80. The van der Waals surface area contributed by atoms with Gasteiger partial charge in [0.2, 0.25) is 20.0 Å². The molecular weight excluding hydrogens is 308 g/mol. The monoisotopic (exact) mass is 326 g/mol. The van der Waals surface area contributed by atoms with Crippen LogP contribution in [0, 0.1) is 0 Å². The highest BCUT2D eigenvalue weighted by Gasteiger charge is 2.12. The Labute approximate surface area is 118 Å². The van der Waals surface area contributed by atoms with Gasteiger partial charge in [0.15, 0.2) is 0 Å². The second-order valence-electron chi connectivity index (χ2n) is 4.08. The van der Waals surface area contributed by atoms with Gasteiger partial charge in [-0.15, -0.1) is 11.3 Å². The van der Waals surface area contributed by atoms with Gasteiger partial charge in [0.25, 0.3) is 0 Å². The van der Waals surface area contributed by atoms with Crippen molar-refractivity contribution in [2.45, 2.75) is 30.4 Å². The minimum Gasteiger partial charge on any atom is -0.224 e. The zero-order valence-corrected chi connectivity index (χ0v) is 13.1. The van der Waals surface area contributed by atoms with E-state index in [9.17, 15) is 16.8 Å². The Morgan fingerprint density at radius 3 is 2.47 bits per heavy atom. The van der Waals surface area contributed by atoms with E-state index >= 15 is 0 Å². The highest BCUT2D eigenvalue weighted by Crippen LogP contribution is 2.20. The number of sulfonamides is 2. The molecule has 110 valence electrons. The van der Waals surface area contributed by atoms with E-state index in [1.165, 1.54) is 6.07 Å². The van der Waals surface area contributed by atoms with Crippen LogP contribution in [0.5, 0.6) is 0 Å². The summed E-state index contributed by atoms with van der Waals surface area (Å²) in [5, 5.41) is 4.99.